The van der Waals surface area contributed by atoms with Crippen molar-refractivity contribution in [3.05, 3.63) is 23.9 Å². The Morgan fingerprint density at radius 2 is 2.12 bits per heavy atom. The largest absolute Gasteiger partial charge is 0.472 e. The van der Waals surface area contributed by atoms with E-state index in [1.54, 1.807) is 0 Å². The van der Waals surface area contributed by atoms with Gasteiger partial charge in [0.25, 0.3) is 0 Å². The van der Waals surface area contributed by atoms with E-state index in [4.69, 9.17) is 4.74 Å². The van der Waals surface area contributed by atoms with E-state index in [2.05, 4.69) is 23.7 Å². The Kier molecular flexibility index (Phi) is 6.47. The van der Waals surface area contributed by atoms with Gasteiger partial charge in [-0.15, -0.1) is 0 Å². The summed E-state index contributed by atoms with van der Waals surface area (Å²) in [5.74, 6) is 0.886. The first kappa shape index (κ1) is 19.7. The number of carbonyl (C=O) groups excluding carboxylic acids is 1. The van der Waals surface area contributed by atoms with Gasteiger partial charge < -0.3 is 9.64 Å². The number of hydrogen-bond acceptors (Lipinski definition) is 3. The Morgan fingerprint density at radius 1 is 1.36 bits per heavy atom. The van der Waals surface area contributed by atoms with Gasteiger partial charge in [0.2, 0.25) is 11.8 Å². The number of piperidine rings is 1. The number of hydrogen-bond donors (Lipinski definition) is 0. The van der Waals surface area contributed by atoms with Crippen LogP contribution in [0.3, 0.4) is 0 Å². The molecule has 1 aliphatic rings. The summed E-state index contributed by atoms with van der Waals surface area (Å²) in [5, 5.41) is 0. The predicted molar refractivity (Wildman–Crippen MR) is 102 cm³/mol. The first-order valence-electron chi connectivity index (χ1n) is 9.63. The third kappa shape index (κ3) is 6.33. The number of amides is 1. The molecule has 1 aromatic heterocycles. The molecule has 1 fully saturated rings. The van der Waals surface area contributed by atoms with Crippen LogP contribution in [0, 0.1) is 5.41 Å². The molecule has 1 amide bonds. The minimum atomic E-state index is -0.265. The molecule has 0 aromatic carbocycles. The van der Waals surface area contributed by atoms with E-state index < -0.39 is 0 Å². The van der Waals surface area contributed by atoms with Crippen molar-refractivity contribution < 1.29 is 9.53 Å². The van der Waals surface area contributed by atoms with Crippen LogP contribution in [-0.2, 0) is 11.2 Å². The van der Waals surface area contributed by atoms with Crippen molar-refractivity contribution in [1.82, 2.24) is 9.88 Å². The predicted octanol–water partition coefficient (Wildman–Crippen LogP) is 4.62. The van der Waals surface area contributed by atoms with Gasteiger partial charge in [0.05, 0.1) is 0 Å². The highest BCUT2D eigenvalue weighted by atomic mass is 16.5. The topological polar surface area (TPSA) is 42.4 Å². The van der Waals surface area contributed by atoms with Gasteiger partial charge in [-0.3, -0.25) is 4.79 Å². The number of aryl methyl sites for hydroxylation is 1. The molecule has 1 aromatic rings. The molecule has 140 valence electrons. The number of pyridine rings is 1. The van der Waals surface area contributed by atoms with Gasteiger partial charge in [-0.1, -0.05) is 26.3 Å². The van der Waals surface area contributed by atoms with Crippen molar-refractivity contribution in [2.24, 2.45) is 5.41 Å². The molecule has 4 nitrogen and oxygen atoms in total. The molecule has 1 saturated heterocycles. The minimum absolute atomic E-state index is 0.256. The van der Waals surface area contributed by atoms with E-state index >= 15 is 0 Å². The van der Waals surface area contributed by atoms with Crippen LogP contribution in [0.2, 0.25) is 0 Å². The van der Waals surface area contributed by atoms with Crippen LogP contribution in [0.25, 0.3) is 0 Å². The molecule has 2 rings (SSSR count). The van der Waals surface area contributed by atoms with Gasteiger partial charge in [-0.25, -0.2) is 4.98 Å². The lowest BCUT2D eigenvalue weighted by atomic mass is 9.78. The van der Waals surface area contributed by atoms with E-state index in [0.29, 0.717) is 24.1 Å². The molecule has 1 atom stereocenters. The Morgan fingerprint density at radius 3 is 2.80 bits per heavy atom. The summed E-state index contributed by atoms with van der Waals surface area (Å²) in [7, 11) is 0. The second kappa shape index (κ2) is 8.20. The number of nitrogens with zero attached hydrogens (tertiary/aromatic N) is 2. The van der Waals surface area contributed by atoms with Crippen molar-refractivity contribution >= 4 is 5.91 Å². The third-order valence-electron chi connectivity index (χ3n) is 4.77. The van der Waals surface area contributed by atoms with Crippen molar-refractivity contribution in [3.63, 3.8) is 0 Å². The second-order valence-corrected chi connectivity index (χ2v) is 8.66. The van der Waals surface area contributed by atoms with Crippen molar-refractivity contribution in [1.29, 1.82) is 0 Å². The zero-order valence-electron chi connectivity index (χ0n) is 16.6. The molecule has 0 spiro atoms. The summed E-state index contributed by atoms with van der Waals surface area (Å²) >= 11 is 0. The molecule has 25 heavy (non-hydrogen) atoms. The van der Waals surface area contributed by atoms with Gasteiger partial charge in [0.15, 0.2) is 0 Å². The molecule has 2 heterocycles. The molecule has 4 heteroatoms. The average Bonchev–Trinajstić information content (AvgIpc) is 2.51. The maximum absolute atomic E-state index is 12.6. The van der Waals surface area contributed by atoms with Gasteiger partial charge in [0.1, 0.15) is 5.60 Å². The van der Waals surface area contributed by atoms with Crippen molar-refractivity contribution in [2.45, 2.75) is 78.7 Å². The molecule has 0 saturated carbocycles. The fourth-order valence-electron chi connectivity index (χ4n) is 3.70. The Labute approximate surface area is 153 Å². The van der Waals surface area contributed by atoms with Gasteiger partial charge in [-0.2, -0.15) is 0 Å². The molecule has 1 unspecified atom stereocenters. The average molecular weight is 347 g/mol. The summed E-state index contributed by atoms with van der Waals surface area (Å²) < 4.78 is 5.81. The standard InChI is InChI=1S/C21H34N2O2/c1-6-13-21(5)14-8-15-23(16-21)19(24)12-11-17-9-7-10-18(22-17)25-20(2,3)4/h7,9-10H,6,8,11-16H2,1-5H3. The van der Waals surface area contributed by atoms with E-state index in [9.17, 15) is 4.79 Å². The number of ether oxygens (including phenoxy) is 1. The highest BCUT2D eigenvalue weighted by Crippen LogP contribution is 2.34. The lowest BCUT2D eigenvalue weighted by molar-refractivity contribution is -0.134. The highest BCUT2D eigenvalue weighted by molar-refractivity contribution is 5.76. The Balaban J connectivity index is 1.90. The summed E-state index contributed by atoms with van der Waals surface area (Å²) in [6, 6.07) is 5.80. The van der Waals surface area contributed by atoms with Crippen LogP contribution < -0.4 is 4.74 Å². The third-order valence-corrected chi connectivity index (χ3v) is 4.77. The van der Waals surface area contributed by atoms with E-state index in [1.807, 2.05) is 39.0 Å². The van der Waals surface area contributed by atoms with E-state index in [0.717, 1.165) is 25.2 Å². The Bertz CT molecular complexity index is 576. The molecule has 0 N–H and O–H groups in total. The molecule has 0 aliphatic carbocycles. The number of rotatable bonds is 6. The molecular formula is C21H34N2O2. The number of likely N-dealkylation sites (tertiary alicyclic amines) is 1. The van der Waals surface area contributed by atoms with Crippen molar-refractivity contribution in [3.8, 4) is 5.88 Å². The molecular weight excluding hydrogens is 312 g/mol. The van der Waals surface area contributed by atoms with Crippen LogP contribution in [0.15, 0.2) is 18.2 Å². The highest BCUT2D eigenvalue weighted by Gasteiger charge is 2.32. The van der Waals surface area contributed by atoms with Gasteiger partial charge >= 0.3 is 0 Å². The zero-order valence-corrected chi connectivity index (χ0v) is 16.6. The van der Waals surface area contributed by atoms with E-state index in [-0.39, 0.29) is 11.5 Å². The minimum Gasteiger partial charge on any atom is -0.472 e. The summed E-state index contributed by atoms with van der Waals surface area (Å²) in [4.78, 5) is 19.2. The van der Waals surface area contributed by atoms with Gasteiger partial charge in [0, 0.05) is 31.3 Å². The van der Waals surface area contributed by atoms with Crippen LogP contribution in [0.4, 0.5) is 0 Å². The van der Waals surface area contributed by atoms with Crippen LogP contribution in [-0.4, -0.2) is 34.5 Å². The fraction of sp³-hybridized carbons (Fsp3) is 0.714. The zero-order chi connectivity index (χ0) is 18.5. The lowest BCUT2D eigenvalue weighted by Crippen LogP contribution is -2.44. The first-order chi connectivity index (χ1) is 11.7. The van der Waals surface area contributed by atoms with E-state index in [1.165, 1.54) is 19.3 Å². The lowest BCUT2D eigenvalue weighted by Gasteiger charge is -2.40. The quantitative estimate of drug-likeness (QED) is 0.755. The summed E-state index contributed by atoms with van der Waals surface area (Å²) in [6.45, 7) is 12.4. The molecule has 1 aliphatic heterocycles. The second-order valence-electron chi connectivity index (χ2n) is 8.66. The van der Waals surface area contributed by atoms with Crippen LogP contribution >= 0.6 is 0 Å². The summed E-state index contributed by atoms with van der Waals surface area (Å²) in [6.07, 6.45) is 5.93. The summed E-state index contributed by atoms with van der Waals surface area (Å²) in [5.41, 5.74) is 0.948. The Hall–Kier alpha value is -1.58. The maximum Gasteiger partial charge on any atom is 0.222 e. The molecule has 0 bridgehead atoms. The van der Waals surface area contributed by atoms with Crippen LogP contribution in [0.1, 0.15) is 72.4 Å². The van der Waals surface area contributed by atoms with Crippen LogP contribution in [0.5, 0.6) is 5.88 Å². The fourth-order valence-corrected chi connectivity index (χ4v) is 3.70. The maximum atomic E-state index is 12.6. The normalized spacial score (nSPS) is 21.2. The monoisotopic (exact) mass is 346 g/mol. The molecule has 0 radical (unpaired) electrons. The first-order valence-corrected chi connectivity index (χ1v) is 9.63. The van der Waals surface area contributed by atoms with Gasteiger partial charge in [-0.05, 0) is 57.9 Å². The number of aromatic nitrogens is 1. The van der Waals surface area contributed by atoms with Crippen molar-refractivity contribution in [2.75, 3.05) is 13.1 Å². The smallest absolute Gasteiger partial charge is 0.222 e. The number of carbonyl (C=O) groups is 1. The SMILES string of the molecule is CCCC1(C)CCCN(C(=O)CCc2cccc(OC(C)(C)C)n2)C1.